The van der Waals surface area contributed by atoms with E-state index < -0.39 is 5.69 Å². The molecule has 0 atom stereocenters. The zero-order valence-corrected chi connectivity index (χ0v) is 11.2. The van der Waals surface area contributed by atoms with Crippen LogP contribution in [0.3, 0.4) is 0 Å². The second-order valence-electron chi connectivity index (χ2n) is 5.22. The molecule has 1 fully saturated rings. The molecule has 0 amide bonds. The second-order valence-corrected chi connectivity index (χ2v) is 5.22. The van der Waals surface area contributed by atoms with Crippen LogP contribution in [0.25, 0.3) is 0 Å². The van der Waals surface area contributed by atoms with Crippen molar-refractivity contribution in [1.82, 2.24) is 14.3 Å². The minimum Gasteiger partial charge on any atom is -0.363 e. The van der Waals surface area contributed by atoms with E-state index in [0.717, 1.165) is 17.5 Å². The van der Waals surface area contributed by atoms with Gasteiger partial charge in [0.2, 0.25) is 5.82 Å². The lowest BCUT2D eigenvalue weighted by Crippen LogP contribution is -2.40. The van der Waals surface area contributed by atoms with Gasteiger partial charge in [-0.15, -0.1) is 5.10 Å². The number of nitrogens with zero attached hydrogens (tertiary/aromatic N) is 3. The number of nitrogens with one attached hydrogen (secondary N) is 1. The Hall–Kier alpha value is -1.59. The van der Waals surface area contributed by atoms with Crippen LogP contribution in [0.4, 0.5) is 5.82 Å². The van der Waals surface area contributed by atoms with Gasteiger partial charge in [-0.25, -0.2) is 9.48 Å². The number of hydrogen-bond acceptors (Lipinski definition) is 4. The molecule has 0 radical (unpaired) electrons. The first-order valence-corrected chi connectivity index (χ1v) is 6.37. The van der Waals surface area contributed by atoms with Crippen LogP contribution in [-0.4, -0.2) is 20.9 Å². The van der Waals surface area contributed by atoms with Gasteiger partial charge in [-0.1, -0.05) is 13.3 Å². The third-order valence-corrected chi connectivity index (χ3v) is 3.69. The summed E-state index contributed by atoms with van der Waals surface area (Å²) in [5.41, 5.74) is -0.415. The lowest BCUT2D eigenvalue weighted by atomic mass is 10.0. The van der Waals surface area contributed by atoms with E-state index in [9.17, 15) is 9.59 Å². The van der Waals surface area contributed by atoms with E-state index in [1.807, 2.05) is 0 Å². The highest BCUT2D eigenvalue weighted by Crippen LogP contribution is 2.49. The van der Waals surface area contributed by atoms with Crippen LogP contribution < -0.4 is 16.6 Å². The summed E-state index contributed by atoms with van der Waals surface area (Å²) in [6, 6.07) is 0. The molecule has 1 aliphatic carbocycles. The normalized spacial score (nSPS) is 16.6. The van der Waals surface area contributed by atoms with Gasteiger partial charge in [0.1, 0.15) is 0 Å². The zero-order chi connectivity index (χ0) is 13.3. The van der Waals surface area contributed by atoms with Crippen molar-refractivity contribution < 1.29 is 0 Å². The summed E-state index contributed by atoms with van der Waals surface area (Å²) in [5, 5.41) is 7.09. The molecule has 0 bridgehead atoms. The molecule has 1 heterocycles. The van der Waals surface area contributed by atoms with Crippen molar-refractivity contribution in [2.75, 3.05) is 11.9 Å². The van der Waals surface area contributed by atoms with E-state index >= 15 is 0 Å². The Morgan fingerprint density at radius 3 is 2.56 bits per heavy atom. The van der Waals surface area contributed by atoms with E-state index in [-0.39, 0.29) is 11.4 Å². The fraction of sp³-hybridized carbons (Fsp3) is 0.750. The van der Waals surface area contributed by atoms with Gasteiger partial charge in [0, 0.05) is 20.6 Å². The smallest absolute Gasteiger partial charge is 0.346 e. The monoisotopic (exact) mass is 252 g/mol. The summed E-state index contributed by atoms with van der Waals surface area (Å²) < 4.78 is 2.26. The molecule has 2 rings (SSSR count). The average molecular weight is 252 g/mol. The van der Waals surface area contributed by atoms with Crippen molar-refractivity contribution in [1.29, 1.82) is 0 Å². The lowest BCUT2D eigenvalue weighted by Gasteiger charge is -2.15. The van der Waals surface area contributed by atoms with E-state index in [4.69, 9.17) is 0 Å². The molecule has 1 N–H and O–H groups in total. The maximum Gasteiger partial charge on any atom is 0.346 e. The molecule has 0 unspecified atom stereocenters. The highest BCUT2D eigenvalue weighted by Gasteiger charge is 2.41. The first-order valence-electron chi connectivity index (χ1n) is 6.37. The molecule has 0 spiro atoms. The fourth-order valence-electron chi connectivity index (χ4n) is 2.30. The highest BCUT2D eigenvalue weighted by atomic mass is 16.2. The van der Waals surface area contributed by atoms with Gasteiger partial charge in [-0.3, -0.25) is 9.36 Å². The van der Waals surface area contributed by atoms with Crippen molar-refractivity contribution >= 4 is 5.82 Å². The molecular weight excluding hydrogens is 232 g/mol. The topological polar surface area (TPSA) is 68.9 Å². The summed E-state index contributed by atoms with van der Waals surface area (Å²) in [6.45, 7) is 2.94. The Morgan fingerprint density at radius 2 is 2.00 bits per heavy atom. The van der Waals surface area contributed by atoms with Crippen molar-refractivity contribution in [3.05, 3.63) is 20.8 Å². The lowest BCUT2D eigenvalue weighted by molar-refractivity contribution is 0.482. The van der Waals surface area contributed by atoms with Crippen molar-refractivity contribution in [2.45, 2.75) is 32.6 Å². The van der Waals surface area contributed by atoms with E-state index in [1.54, 1.807) is 7.05 Å². The van der Waals surface area contributed by atoms with E-state index in [0.29, 0.717) is 5.41 Å². The third-order valence-electron chi connectivity index (χ3n) is 3.69. The number of hydrogen-bond donors (Lipinski definition) is 1. The van der Waals surface area contributed by atoms with Crippen LogP contribution in [0.1, 0.15) is 32.6 Å². The number of anilines is 1. The molecule has 18 heavy (non-hydrogen) atoms. The largest absolute Gasteiger partial charge is 0.363 e. The van der Waals surface area contributed by atoms with Crippen molar-refractivity contribution in [2.24, 2.45) is 19.5 Å². The summed E-state index contributed by atoms with van der Waals surface area (Å²) in [6.07, 6.45) is 4.74. The second kappa shape index (κ2) is 4.59. The van der Waals surface area contributed by atoms with Crippen molar-refractivity contribution in [3.63, 3.8) is 0 Å². The average Bonchev–Trinajstić information content (AvgIpc) is 3.10. The van der Waals surface area contributed by atoms with Crippen LogP contribution in [0.2, 0.25) is 0 Å². The first kappa shape index (κ1) is 12.9. The summed E-state index contributed by atoms with van der Waals surface area (Å²) in [4.78, 5) is 23.4. The highest BCUT2D eigenvalue weighted by molar-refractivity contribution is 5.30. The SMILES string of the molecule is CCCC1(CNc2nn(C)c(=O)n(C)c2=O)CC1. The third kappa shape index (κ3) is 2.32. The Bertz CT molecular complexity index is 554. The molecule has 1 aromatic rings. The van der Waals surface area contributed by atoms with Crippen LogP contribution in [0.15, 0.2) is 9.59 Å². The van der Waals surface area contributed by atoms with Gasteiger partial charge in [-0.2, -0.15) is 0 Å². The predicted molar refractivity (Wildman–Crippen MR) is 69.8 cm³/mol. The quantitative estimate of drug-likeness (QED) is 0.827. The summed E-state index contributed by atoms with van der Waals surface area (Å²) >= 11 is 0. The standard InChI is InChI=1S/C12H20N4O2/c1-4-5-12(6-7-12)8-13-9-10(17)15(2)11(18)16(3)14-9/h4-8H2,1-3H3,(H,13,14). The van der Waals surface area contributed by atoms with E-state index in [2.05, 4.69) is 17.3 Å². The molecule has 1 aliphatic rings. The van der Waals surface area contributed by atoms with E-state index in [1.165, 1.54) is 31.0 Å². The van der Waals surface area contributed by atoms with Crippen molar-refractivity contribution in [3.8, 4) is 0 Å². The number of rotatable bonds is 5. The Labute approximate surface area is 106 Å². The number of aryl methyl sites for hydroxylation is 1. The zero-order valence-electron chi connectivity index (χ0n) is 11.2. The molecular formula is C12H20N4O2. The molecule has 0 aromatic carbocycles. The molecule has 0 saturated heterocycles. The fourth-order valence-corrected chi connectivity index (χ4v) is 2.30. The maximum absolute atomic E-state index is 11.9. The minimum absolute atomic E-state index is 0.266. The van der Waals surface area contributed by atoms with Crippen LogP contribution in [0.5, 0.6) is 0 Å². The molecule has 100 valence electrons. The molecule has 6 nitrogen and oxygen atoms in total. The maximum atomic E-state index is 11.9. The number of aromatic nitrogens is 3. The molecule has 1 saturated carbocycles. The van der Waals surface area contributed by atoms with Gasteiger partial charge in [0.05, 0.1) is 0 Å². The van der Waals surface area contributed by atoms with Crippen LogP contribution in [-0.2, 0) is 14.1 Å². The van der Waals surface area contributed by atoms with Gasteiger partial charge >= 0.3 is 5.69 Å². The predicted octanol–water partition coefficient (Wildman–Crippen LogP) is 0.471. The molecule has 1 aromatic heterocycles. The minimum atomic E-state index is -0.403. The molecule has 0 aliphatic heterocycles. The summed E-state index contributed by atoms with van der Waals surface area (Å²) in [5.74, 6) is 0.266. The Kier molecular flexibility index (Phi) is 3.28. The first-order chi connectivity index (χ1) is 8.49. The summed E-state index contributed by atoms with van der Waals surface area (Å²) in [7, 11) is 3.02. The molecule has 6 heteroatoms. The van der Waals surface area contributed by atoms with Gasteiger partial charge < -0.3 is 5.32 Å². The Morgan fingerprint density at radius 1 is 1.33 bits per heavy atom. The van der Waals surface area contributed by atoms with Crippen LogP contribution >= 0.6 is 0 Å². The van der Waals surface area contributed by atoms with Gasteiger partial charge in [-0.05, 0) is 24.7 Å². The Balaban J connectivity index is 2.16. The van der Waals surface area contributed by atoms with Gasteiger partial charge in [0.15, 0.2) is 0 Å². The van der Waals surface area contributed by atoms with Crippen LogP contribution in [0, 0.1) is 5.41 Å². The van der Waals surface area contributed by atoms with Gasteiger partial charge in [0.25, 0.3) is 5.56 Å².